The highest BCUT2D eigenvalue weighted by molar-refractivity contribution is 8.00. The summed E-state index contributed by atoms with van der Waals surface area (Å²) in [4.78, 5) is 25.1. The molecule has 1 aliphatic heterocycles. The van der Waals surface area contributed by atoms with Crippen LogP contribution in [0, 0.1) is 23.6 Å². The molecule has 0 aromatic heterocycles. The van der Waals surface area contributed by atoms with Gasteiger partial charge in [0.15, 0.2) is 0 Å². The van der Waals surface area contributed by atoms with Crippen molar-refractivity contribution in [3.63, 3.8) is 0 Å². The number of thioether (sulfide) groups is 1. The summed E-state index contributed by atoms with van der Waals surface area (Å²) in [5.74, 6) is 2.34. The Labute approximate surface area is 164 Å². The van der Waals surface area contributed by atoms with Crippen LogP contribution in [0.2, 0.25) is 0 Å². The minimum atomic E-state index is -0.465. The zero-order chi connectivity index (χ0) is 19.0. The third-order valence-corrected chi connectivity index (χ3v) is 7.84. The molecule has 1 aromatic rings. The van der Waals surface area contributed by atoms with Crippen molar-refractivity contribution in [2.24, 2.45) is 17.8 Å². The number of fused-ring (bicyclic) bond motifs is 2. The molecule has 0 radical (unpaired) electrons. The Morgan fingerprint density at radius 2 is 2.07 bits per heavy atom. The highest BCUT2D eigenvalue weighted by Gasteiger charge is 2.42. The summed E-state index contributed by atoms with van der Waals surface area (Å²) in [7, 11) is 0. The van der Waals surface area contributed by atoms with Gasteiger partial charge < -0.3 is 10.6 Å². The van der Waals surface area contributed by atoms with Gasteiger partial charge in [-0.3, -0.25) is 9.59 Å². The van der Waals surface area contributed by atoms with E-state index in [1.165, 1.54) is 49.6 Å². The number of amides is 2. The predicted octanol–water partition coefficient (Wildman–Crippen LogP) is 2.91. The topological polar surface area (TPSA) is 58.2 Å². The Bertz CT molecular complexity index is 711. The maximum atomic E-state index is 13.0. The summed E-state index contributed by atoms with van der Waals surface area (Å²) in [5, 5.41) is 5.81. The Hall–Kier alpha value is -1.56. The van der Waals surface area contributed by atoms with E-state index in [1.807, 2.05) is 0 Å². The lowest BCUT2D eigenvalue weighted by atomic mass is 9.84. The van der Waals surface area contributed by atoms with E-state index in [0.29, 0.717) is 18.1 Å². The van der Waals surface area contributed by atoms with Gasteiger partial charge in [-0.15, -0.1) is 11.8 Å². The standard InChI is InChI=1S/C21H27FN2O2S/c1-12(17-9-14-2-5-15(17)8-14)23-20(25)18-11-27-19(21(26)24-18)10-13-3-6-16(22)7-4-13/h3-4,6-7,12,14-15,17-19H,2,5,8-11H2,1H3,(H,23,25)(H,24,26)/t12-,14+,15+,17-,18+,19-/m0/s1. The van der Waals surface area contributed by atoms with E-state index in [2.05, 4.69) is 17.6 Å². The van der Waals surface area contributed by atoms with Crippen LogP contribution in [0.15, 0.2) is 24.3 Å². The number of nitrogens with one attached hydrogen (secondary N) is 2. The van der Waals surface area contributed by atoms with E-state index in [0.717, 1.165) is 17.4 Å². The maximum absolute atomic E-state index is 13.0. The number of benzene rings is 1. The van der Waals surface area contributed by atoms with E-state index in [1.54, 1.807) is 12.1 Å². The smallest absolute Gasteiger partial charge is 0.243 e. The molecular weight excluding hydrogens is 363 g/mol. The SMILES string of the molecule is C[C@H](NC(=O)[C@H]1CS[C@@H](Cc2ccc(F)cc2)C(=O)N1)[C@@H]1C[C@@H]2CC[C@@H]1C2. The van der Waals surface area contributed by atoms with E-state index in [9.17, 15) is 14.0 Å². The van der Waals surface area contributed by atoms with E-state index >= 15 is 0 Å². The lowest BCUT2D eigenvalue weighted by Gasteiger charge is -2.32. The normalized spacial score (nSPS) is 33.6. The Kier molecular flexibility index (Phi) is 5.44. The summed E-state index contributed by atoms with van der Waals surface area (Å²) in [6.07, 6.45) is 5.76. The van der Waals surface area contributed by atoms with Gasteiger partial charge in [0.25, 0.3) is 0 Å². The molecule has 2 N–H and O–H groups in total. The predicted molar refractivity (Wildman–Crippen MR) is 105 cm³/mol. The van der Waals surface area contributed by atoms with Crippen LogP contribution >= 0.6 is 11.8 Å². The van der Waals surface area contributed by atoms with E-state index in [4.69, 9.17) is 0 Å². The fraction of sp³-hybridized carbons (Fsp3) is 0.619. The van der Waals surface area contributed by atoms with Crippen LogP contribution in [0.4, 0.5) is 4.39 Å². The van der Waals surface area contributed by atoms with Gasteiger partial charge in [0.05, 0.1) is 5.25 Å². The van der Waals surface area contributed by atoms with Crippen molar-refractivity contribution in [2.45, 2.75) is 56.4 Å². The first-order chi connectivity index (χ1) is 13.0. The molecule has 1 saturated heterocycles. The third kappa shape index (κ3) is 4.15. The monoisotopic (exact) mass is 390 g/mol. The summed E-state index contributed by atoms with van der Waals surface area (Å²) in [6, 6.07) is 5.94. The molecule has 27 heavy (non-hydrogen) atoms. The second kappa shape index (κ2) is 7.82. The highest BCUT2D eigenvalue weighted by atomic mass is 32.2. The van der Waals surface area contributed by atoms with Gasteiger partial charge in [0, 0.05) is 11.8 Å². The number of hydrogen-bond acceptors (Lipinski definition) is 3. The molecule has 0 spiro atoms. The first kappa shape index (κ1) is 18.8. The molecule has 3 aliphatic rings. The van der Waals surface area contributed by atoms with Crippen molar-refractivity contribution in [3.8, 4) is 0 Å². The van der Waals surface area contributed by atoms with Crippen molar-refractivity contribution >= 4 is 23.6 Å². The number of carbonyl (C=O) groups excluding carboxylic acids is 2. The summed E-state index contributed by atoms with van der Waals surface area (Å²) in [6.45, 7) is 2.11. The molecule has 146 valence electrons. The summed E-state index contributed by atoms with van der Waals surface area (Å²) >= 11 is 1.51. The fourth-order valence-electron chi connectivity index (χ4n) is 5.06. The lowest BCUT2D eigenvalue weighted by Crippen LogP contribution is -2.56. The highest BCUT2D eigenvalue weighted by Crippen LogP contribution is 2.49. The number of halogens is 1. The molecule has 1 aromatic carbocycles. The fourth-order valence-corrected chi connectivity index (χ4v) is 6.25. The van der Waals surface area contributed by atoms with Crippen molar-refractivity contribution < 1.29 is 14.0 Å². The molecule has 2 amide bonds. The molecule has 1 heterocycles. The molecule has 0 unspecified atom stereocenters. The first-order valence-electron chi connectivity index (χ1n) is 9.96. The summed E-state index contributed by atoms with van der Waals surface area (Å²) < 4.78 is 13.0. The van der Waals surface area contributed by atoms with Gasteiger partial charge >= 0.3 is 0 Å². The largest absolute Gasteiger partial charge is 0.352 e. The van der Waals surface area contributed by atoms with Gasteiger partial charge in [-0.25, -0.2) is 4.39 Å². The van der Waals surface area contributed by atoms with Crippen molar-refractivity contribution in [2.75, 3.05) is 5.75 Å². The van der Waals surface area contributed by atoms with Crippen molar-refractivity contribution in [3.05, 3.63) is 35.6 Å². The molecule has 4 nitrogen and oxygen atoms in total. The van der Waals surface area contributed by atoms with Crippen LogP contribution in [-0.2, 0) is 16.0 Å². The van der Waals surface area contributed by atoms with Crippen LogP contribution in [0.5, 0.6) is 0 Å². The van der Waals surface area contributed by atoms with E-state index in [-0.39, 0.29) is 28.9 Å². The third-order valence-electron chi connectivity index (χ3n) is 6.53. The van der Waals surface area contributed by atoms with E-state index < -0.39 is 6.04 Å². The molecule has 6 atom stereocenters. The van der Waals surface area contributed by atoms with Gasteiger partial charge in [-0.05, 0) is 68.1 Å². The molecule has 2 bridgehead atoms. The minimum Gasteiger partial charge on any atom is -0.352 e. The molecule has 2 aliphatic carbocycles. The molecule has 3 fully saturated rings. The lowest BCUT2D eigenvalue weighted by molar-refractivity contribution is -0.129. The minimum absolute atomic E-state index is 0.0636. The maximum Gasteiger partial charge on any atom is 0.243 e. The first-order valence-corrected chi connectivity index (χ1v) is 11.0. The Morgan fingerprint density at radius 1 is 1.30 bits per heavy atom. The average Bonchev–Trinajstić information content (AvgIpc) is 3.28. The zero-order valence-corrected chi connectivity index (χ0v) is 16.4. The van der Waals surface area contributed by atoms with Crippen LogP contribution in [-0.4, -0.2) is 34.9 Å². The zero-order valence-electron chi connectivity index (χ0n) is 15.6. The molecule has 2 saturated carbocycles. The average molecular weight is 391 g/mol. The van der Waals surface area contributed by atoms with Gasteiger partial charge in [-0.1, -0.05) is 18.6 Å². The Morgan fingerprint density at radius 3 is 2.70 bits per heavy atom. The van der Waals surface area contributed by atoms with Crippen molar-refractivity contribution in [1.82, 2.24) is 10.6 Å². The molecule has 4 rings (SSSR count). The molecular formula is C21H27FN2O2S. The second-order valence-electron chi connectivity index (χ2n) is 8.35. The van der Waals surface area contributed by atoms with Gasteiger partial charge in [0.2, 0.25) is 11.8 Å². The van der Waals surface area contributed by atoms with Crippen LogP contribution in [0.3, 0.4) is 0 Å². The van der Waals surface area contributed by atoms with Gasteiger partial charge in [0.1, 0.15) is 11.9 Å². The van der Waals surface area contributed by atoms with Crippen molar-refractivity contribution in [1.29, 1.82) is 0 Å². The van der Waals surface area contributed by atoms with Crippen LogP contribution in [0.1, 0.15) is 38.2 Å². The van der Waals surface area contributed by atoms with Crippen LogP contribution in [0.25, 0.3) is 0 Å². The number of rotatable bonds is 5. The summed E-state index contributed by atoms with van der Waals surface area (Å²) in [5.41, 5.74) is 0.928. The quantitative estimate of drug-likeness (QED) is 0.813. The Balaban J connectivity index is 1.28. The van der Waals surface area contributed by atoms with Gasteiger partial charge in [-0.2, -0.15) is 0 Å². The second-order valence-corrected chi connectivity index (χ2v) is 9.59. The molecule has 6 heteroatoms. The number of carbonyl (C=O) groups is 2. The number of hydrogen-bond donors (Lipinski definition) is 2. The van der Waals surface area contributed by atoms with Crippen LogP contribution < -0.4 is 10.6 Å².